The van der Waals surface area contributed by atoms with Gasteiger partial charge < -0.3 is 20.4 Å². The highest BCUT2D eigenvalue weighted by Gasteiger charge is 2.62. The third-order valence-electron chi connectivity index (χ3n) is 6.41. The Labute approximate surface area is 191 Å². The molecule has 0 aromatic carbocycles. The average Bonchev–Trinajstić information content (AvgIpc) is 2.63. The predicted molar refractivity (Wildman–Crippen MR) is 120 cm³/mol. The summed E-state index contributed by atoms with van der Waals surface area (Å²) in [5.74, 6) is -5.04. The molecule has 0 aliphatic rings. The number of unbranched alkanes of at least 4 members (excludes halogenated alkanes) is 4. The number of carbonyl (C=O) groups is 4. The average molecular weight is 459 g/mol. The lowest BCUT2D eigenvalue weighted by atomic mass is 9.55. The van der Waals surface area contributed by atoms with E-state index in [9.17, 15) is 39.6 Å². The van der Waals surface area contributed by atoms with Gasteiger partial charge in [0.1, 0.15) is 0 Å². The first-order valence-electron chi connectivity index (χ1n) is 11.7. The summed E-state index contributed by atoms with van der Waals surface area (Å²) in [5, 5.41) is 39.4. The van der Waals surface area contributed by atoms with Gasteiger partial charge in [0.05, 0.1) is 23.7 Å². The molecule has 0 saturated heterocycles. The number of hydrogen-bond donors (Lipinski definition) is 4. The van der Waals surface area contributed by atoms with Gasteiger partial charge in [-0.3, -0.25) is 19.2 Å². The lowest BCUT2D eigenvalue weighted by molar-refractivity contribution is -0.184. The lowest BCUT2D eigenvalue weighted by Gasteiger charge is -2.44. The Kier molecular flexibility index (Phi) is 13.2. The zero-order chi connectivity index (χ0) is 24.9. The van der Waals surface area contributed by atoms with Crippen LogP contribution in [0.3, 0.4) is 0 Å². The zero-order valence-electron chi connectivity index (χ0n) is 20.1. The third kappa shape index (κ3) is 9.17. The molecule has 8 heteroatoms. The SMILES string of the molecule is CC(C)CCCCCC(CC(=O)O)(C(=O)O)C(CCCCCC(C)C)(CC(=O)O)C(=O)O. The zero-order valence-corrected chi connectivity index (χ0v) is 20.1. The van der Waals surface area contributed by atoms with E-state index in [4.69, 9.17) is 0 Å². The summed E-state index contributed by atoms with van der Waals surface area (Å²) >= 11 is 0. The smallest absolute Gasteiger partial charge is 0.311 e. The van der Waals surface area contributed by atoms with Gasteiger partial charge in [-0.1, -0.05) is 79.1 Å². The van der Waals surface area contributed by atoms with Crippen LogP contribution in [0.25, 0.3) is 0 Å². The van der Waals surface area contributed by atoms with E-state index < -0.39 is 47.5 Å². The molecule has 186 valence electrons. The third-order valence-corrected chi connectivity index (χ3v) is 6.41. The normalized spacial score (nSPS) is 15.3. The molecule has 4 N–H and O–H groups in total. The van der Waals surface area contributed by atoms with Crippen molar-refractivity contribution < 1.29 is 39.6 Å². The lowest BCUT2D eigenvalue weighted by Crippen LogP contribution is -2.55. The van der Waals surface area contributed by atoms with Crippen LogP contribution in [-0.2, 0) is 19.2 Å². The molecular weight excluding hydrogens is 416 g/mol. The highest BCUT2D eigenvalue weighted by molar-refractivity contribution is 5.92. The Morgan fingerprint density at radius 2 is 0.875 bits per heavy atom. The molecule has 0 saturated carbocycles. The molecule has 2 atom stereocenters. The van der Waals surface area contributed by atoms with Crippen molar-refractivity contribution in [2.24, 2.45) is 22.7 Å². The van der Waals surface area contributed by atoms with Gasteiger partial charge in [0.2, 0.25) is 0 Å². The number of hydrogen-bond acceptors (Lipinski definition) is 4. The summed E-state index contributed by atoms with van der Waals surface area (Å²) in [7, 11) is 0. The molecular formula is C24H42O8. The summed E-state index contributed by atoms with van der Waals surface area (Å²) in [4.78, 5) is 48.4. The van der Waals surface area contributed by atoms with E-state index >= 15 is 0 Å². The topological polar surface area (TPSA) is 149 Å². The summed E-state index contributed by atoms with van der Waals surface area (Å²) < 4.78 is 0. The Balaban J connectivity index is 6.05. The van der Waals surface area contributed by atoms with Crippen molar-refractivity contribution >= 4 is 23.9 Å². The molecule has 32 heavy (non-hydrogen) atoms. The van der Waals surface area contributed by atoms with Crippen molar-refractivity contribution in [3.05, 3.63) is 0 Å². The van der Waals surface area contributed by atoms with Crippen LogP contribution in [0.15, 0.2) is 0 Å². The minimum absolute atomic E-state index is 0.182. The van der Waals surface area contributed by atoms with Crippen molar-refractivity contribution in [2.75, 3.05) is 0 Å². The van der Waals surface area contributed by atoms with Crippen LogP contribution in [0.5, 0.6) is 0 Å². The summed E-state index contributed by atoms with van der Waals surface area (Å²) in [6, 6.07) is 0. The van der Waals surface area contributed by atoms with Crippen molar-refractivity contribution in [2.45, 2.75) is 105 Å². The number of aliphatic carboxylic acids is 4. The maximum atomic E-state index is 12.5. The number of carboxylic acid groups (broad SMARTS) is 4. The van der Waals surface area contributed by atoms with Crippen LogP contribution in [0.1, 0.15) is 105 Å². The molecule has 0 aliphatic carbocycles. The maximum absolute atomic E-state index is 12.5. The first-order chi connectivity index (χ1) is 14.8. The van der Waals surface area contributed by atoms with E-state index in [-0.39, 0.29) is 12.8 Å². The van der Waals surface area contributed by atoms with E-state index in [1.807, 2.05) is 0 Å². The van der Waals surface area contributed by atoms with Crippen molar-refractivity contribution in [1.29, 1.82) is 0 Å². The Hall–Kier alpha value is -2.12. The highest BCUT2D eigenvalue weighted by atomic mass is 16.4. The molecule has 8 nitrogen and oxygen atoms in total. The summed E-state index contributed by atoms with van der Waals surface area (Å²) in [6.45, 7) is 8.25. The Morgan fingerprint density at radius 1 is 0.562 bits per heavy atom. The molecule has 0 fully saturated rings. The quantitative estimate of drug-likeness (QED) is 0.191. The van der Waals surface area contributed by atoms with Crippen LogP contribution in [0, 0.1) is 22.7 Å². The van der Waals surface area contributed by atoms with Crippen LogP contribution in [-0.4, -0.2) is 44.3 Å². The molecule has 0 aromatic rings. The standard InChI is InChI=1S/C24H42O8/c1-17(2)11-7-5-9-13-23(21(29)30,15-19(25)26)24(22(31)32,16-20(27)28)14-10-6-8-12-18(3)4/h17-18H,5-16H2,1-4H3,(H,25,26)(H,27,28)(H,29,30)(H,31,32). The first kappa shape index (κ1) is 29.9. The Bertz CT molecular complexity index is 573. The molecule has 0 rings (SSSR count). The van der Waals surface area contributed by atoms with E-state index in [2.05, 4.69) is 27.7 Å². The molecule has 0 spiro atoms. The molecule has 2 unspecified atom stereocenters. The fraction of sp³-hybridized carbons (Fsp3) is 0.833. The van der Waals surface area contributed by atoms with E-state index in [0.717, 1.165) is 25.7 Å². The van der Waals surface area contributed by atoms with Gasteiger partial charge in [0.15, 0.2) is 0 Å². The highest BCUT2D eigenvalue weighted by Crippen LogP contribution is 2.53. The van der Waals surface area contributed by atoms with Gasteiger partial charge >= 0.3 is 23.9 Å². The first-order valence-corrected chi connectivity index (χ1v) is 11.7. The molecule has 0 aliphatic heterocycles. The predicted octanol–water partition coefficient (Wildman–Crippen LogP) is 5.29. The van der Waals surface area contributed by atoms with Gasteiger partial charge in [-0.15, -0.1) is 0 Å². The second-order valence-electron chi connectivity index (χ2n) is 9.90. The fourth-order valence-electron chi connectivity index (χ4n) is 4.60. The minimum Gasteiger partial charge on any atom is -0.481 e. The molecule has 0 radical (unpaired) electrons. The van der Waals surface area contributed by atoms with E-state index in [1.165, 1.54) is 0 Å². The van der Waals surface area contributed by atoms with Crippen LogP contribution in [0.2, 0.25) is 0 Å². The van der Waals surface area contributed by atoms with Crippen LogP contribution >= 0.6 is 0 Å². The largest absolute Gasteiger partial charge is 0.481 e. The minimum atomic E-state index is -2.20. The van der Waals surface area contributed by atoms with Crippen LogP contribution in [0.4, 0.5) is 0 Å². The van der Waals surface area contributed by atoms with Crippen molar-refractivity contribution in [1.82, 2.24) is 0 Å². The summed E-state index contributed by atoms with van der Waals surface area (Å²) in [6.07, 6.45) is 3.19. The van der Waals surface area contributed by atoms with Gasteiger partial charge in [0, 0.05) is 0 Å². The second-order valence-corrected chi connectivity index (χ2v) is 9.90. The second kappa shape index (κ2) is 14.1. The molecule has 0 amide bonds. The Morgan fingerprint density at radius 3 is 1.09 bits per heavy atom. The summed E-state index contributed by atoms with van der Waals surface area (Å²) in [5.41, 5.74) is -4.39. The van der Waals surface area contributed by atoms with Gasteiger partial charge in [-0.2, -0.15) is 0 Å². The van der Waals surface area contributed by atoms with Gasteiger partial charge in [-0.05, 0) is 24.7 Å². The van der Waals surface area contributed by atoms with Gasteiger partial charge in [0.25, 0.3) is 0 Å². The molecule has 0 aromatic heterocycles. The van der Waals surface area contributed by atoms with Crippen LogP contribution < -0.4 is 0 Å². The van der Waals surface area contributed by atoms with Crippen molar-refractivity contribution in [3.8, 4) is 0 Å². The maximum Gasteiger partial charge on any atom is 0.311 e. The van der Waals surface area contributed by atoms with Gasteiger partial charge in [-0.25, -0.2) is 0 Å². The number of rotatable bonds is 19. The van der Waals surface area contributed by atoms with Crippen molar-refractivity contribution in [3.63, 3.8) is 0 Å². The van der Waals surface area contributed by atoms with E-state index in [0.29, 0.717) is 37.5 Å². The fourth-order valence-corrected chi connectivity index (χ4v) is 4.60. The monoisotopic (exact) mass is 458 g/mol. The molecule has 0 bridgehead atoms. The molecule has 0 heterocycles. The van der Waals surface area contributed by atoms with E-state index in [1.54, 1.807) is 0 Å². The number of carboxylic acids is 4.